The lowest BCUT2D eigenvalue weighted by Gasteiger charge is -2.37. The SMILES string of the molecule is CNC[C@H](O)c1ccc(O)c2c1C[C@@H]([C@@H]1OC[C@H](C)c3ncccc31)CC(C)(C)C2. The molecule has 2 aromatic rings. The predicted molar refractivity (Wildman–Crippen MR) is 118 cm³/mol. The molecule has 4 atom stereocenters. The van der Waals surface area contributed by atoms with Crippen molar-refractivity contribution in [2.45, 2.75) is 58.2 Å². The number of phenols is 1. The first-order valence-corrected chi connectivity index (χ1v) is 11.0. The molecule has 2 heterocycles. The van der Waals surface area contributed by atoms with E-state index in [-0.39, 0.29) is 17.4 Å². The van der Waals surface area contributed by atoms with E-state index in [2.05, 4.69) is 37.1 Å². The van der Waals surface area contributed by atoms with Crippen LogP contribution < -0.4 is 5.32 Å². The van der Waals surface area contributed by atoms with Gasteiger partial charge in [-0.3, -0.25) is 4.98 Å². The van der Waals surface area contributed by atoms with Crippen LogP contribution in [-0.2, 0) is 17.6 Å². The van der Waals surface area contributed by atoms with Crippen molar-refractivity contribution in [1.29, 1.82) is 0 Å². The Hall–Kier alpha value is -1.95. The summed E-state index contributed by atoms with van der Waals surface area (Å²) in [6.07, 6.45) is 3.79. The largest absolute Gasteiger partial charge is 0.508 e. The normalized spacial score (nSPS) is 26.4. The molecule has 1 aliphatic carbocycles. The van der Waals surface area contributed by atoms with E-state index in [4.69, 9.17) is 4.74 Å². The van der Waals surface area contributed by atoms with Crippen LogP contribution >= 0.6 is 0 Å². The second kappa shape index (κ2) is 8.29. The van der Waals surface area contributed by atoms with E-state index in [9.17, 15) is 10.2 Å². The Kier molecular flexibility index (Phi) is 5.88. The standard InChI is InChI=1S/C25H34N2O3/c1-15-14-30-24(18-6-5-9-27-23(15)18)16-10-19-17(22(29)13-26-4)7-8-21(28)20(19)12-25(2,3)11-16/h5-9,15-16,22,24,26,28-29H,10-14H2,1-4H3/t15-,16+,22-,24-/m0/s1. The van der Waals surface area contributed by atoms with Crippen molar-refractivity contribution in [3.8, 4) is 5.75 Å². The fourth-order valence-corrected chi connectivity index (χ4v) is 5.45. The number of nitrogens with one attached hydrogen (secondary N) is 1. The molecule has 0 radical (unpaired) electrons. The fourth-order valence-electron chi connectivity index (χ4n) is 5.45. The molecule has 0 saturated heterocycles. The summed E-state index contributed by atoms with van der Waals surface area (Å²) in [5, 5.41) is 24.6. The van der Waals surface area contributed by atoms with Crippen molar-refractivity contribution in [2.24, 2.45) is 11.3 Å². The topological polar surface area (TPSA) is 74.6 Å². The minimum Gasteiger partial charge on any atom is -0.508 e. The van der Waals surface area contributed by atoms with Gasteiger partial charge >= 0.3 is 0 Å². The Morgan fingerprint density at radius 2 is 2.07 bits per heavy atom. The van der Waals surface area contributed by atoms with Gasteiger partial charge in [-0.15, -0.1) is 0 Å². The average molecular weight is 411 g/mol. The first-order chi connectivity index (χ1) is 14.3. The minimum absolute atomic E-state index is 0.00870. The quantitative estimate of drug-likeness (QED) is 0.663. The highest BCUT2D eigenvalue weighted by atomic mass is 16.5. The second-order valence-electron chi connectivity index (χ2n) is 9.85. The number of pyridine rings is 1. The Balaban J connectivity index is 1.79. The molecule has 0 saturated carbocycles. The van der Waals surface area contributed by atoms with E-state index in [0.717, 1.165) is 41.6 Å². The molecule has 5 nitrogen and oxygen atoms in total. The summed E-state index contributed by atoms with van der Waals surface area (Å²) >= 11 is 0. The van der Waals surface area contributed by atoms with Crippen LogP contribution in [0.2, 0.25) is 0 Å². The van der Waals surface area contributed by atoms with Gasteiger partial charge in [0.05, 0.1) is 24.5 Å². The molecule has 1 aromatic carbocycles. The smallest absolute Gasteiger partial charge is 0.119 e. The molecule has 0 fully saturated rings. The van der Waals surface area contributed by atoms with Crippen molar-refractivity contribution in [3.63, 3.8) is 0 Å². The molecular formula is C25H34N2O3. The first kappa shape index (κ1) is 21.3. The lowest BCUT2D eigenvalue weighted by molar-refractivity contribution is -0.0208. The van der Waals surface area contributed by atoms with E-state index in [1.807, 2.05) is 25.4 Å². The number of phenolic OH excluding ortho intramolecular Hbond substituents is 1. The van der Waals surface area contributed by atoms with Crippen molar-refractivity contribution < 1.29 is 14.9 Å². The number of hydrogen-bond donors (Lipinski definition) is 3. The van der Waals surface area contributed by atoms with Crippen LogP contribution in [-0.4, -0.2) is 35.4 Å². The molecule has 0 spiro atoms. The van der Waals surface area contributed by atoms with E-state index in [0.29, 0.717) is 24.8 Å². The summed E-state index contributed by atoms with van der Waals surface area (Å²) in [4.78, 5) is 4.67. The van der Waals surface area contributed by atoms with Gasteiger partial charge in [0.2, 0.25) is 0 Å². The molecule has 0 unspecified atom stereocenters. The molecule has 30 heavy (non-hydrogen) atoms. The first-order valence-electron chi connectivity index (χ1n) is 11.0. The highest BCUT2D eigenvalue weighted by Gasteiger charge is 2.39. The molecule has 0 amide bonds. The van der Waals surface area contributed by atoms with Crippen LogP contribution in [0.25, 0.3) is 0 Å². The Morgan fingerprint density at radius 3 is 2.83 bits per heavy atom. The number of hydrogen-bond acceptors (Lipinski definition) is 5. The number of aromatic nitrogens is 1. The summed E-state index contributed by atoms with van der Waals surface area (Å²) in [5.74, 6) is 0.874. The molecule has 4 rings (SSSR count). The minimum atomic E-state index is -0.604. The number of fused-ring (bicyclic) bond motifs is 2. The van der Waals surface area contributed by atoms with E-state index in [1.165, 1.54) is 5.56 Å². The molecule has 1 aliphatic heterocycles. The average Bonchev–Trinajstić information content (AvgIpc) is 2.85. The van der Waals surface area contributed by atoms with Gasteiger partial charge in [-0.05, 0) is 66.5 Å². The second-order valence-corrected chi connectivity index (χ2v) is 9.85. The molecule has 1 aromatic heterocycles. The number of benzene rings is 1. The van der Waals surface area contributed by atoms with Crippen LogP contribution in [0, 0.1) is 11.3 Å². The fraction of sp³-hybridized carbons (Fsp3) is 0.560. The third-order valence-corrected chi connectivity index (χ3v) is 6.73. The lowest BCUT2D eigenvalue weighted by Crippen LogP contribution is -2.30. The summed E-state index contributed by atoms with van der Waals surface area (Å²) < 4.78 is 6.42. The van der Waals surface area contributed by atoms with E-state index in [1.54, 1.807) is 6.07 Å². The van der Waals surface area contributed by atoms with Crippen LogP contribution in [0.1, 0.15) is 73.3 Å². The maximum absolute atomic E-state index is 10.8. The maximum Gasteiger partial charge on any atom is 0.119 e. The van der Waals surface area contributed by atoms with E-state index < -0.39 is 6.10 Å². The predicted octanol–water partition coefficient (Wildman–Crippen LogP) is 4.05. The summed E-state index contributed by atoms with van der Waals surface area (Å²) in [6.45, 7) is 7.85. The lowest BCUT2D eigenvalue weighted by atomic mass is 9.76. The van der Waals surface area contributed by atoms with E-state index >= 15 is 0 Å². The van der Waals surface area contributed by atoms with Crippen LogP contribution in [0.3, 0.4) is 0 Å². The monoisotopic (exact) mass is 410 g/mol. The molecule has 5 heteroatoms. The summed E-state index contributed by atoms with van der Waals surface area (Å²) in [6, 6.07) is 7.77. The molecule has 2 aliphatic rings. The highest BCUT2D eigenvalue weighted by molar-refractivity contribution is 5.47. The van der Waals surface area contributed by atoms with Gasteiger partial charge < -0.3 is 20.3 Å². The highest BCUT2D eigenvalue weighted by Crippen LogP contribution is 2.48. The molecule has 0 bridgehead atoms. The number of aliphatic hydroxyl groups is 1. The Labute approximate surface area is 179 Å². The number of rotatable bonds is 4. The van der Waals surface area contributed by atoms with Crippen LogP contribution in [0.15, 0.2) is 30.5 Å². The third kappa shape index (κ3) is 3.98. The zero-order valence-electron chi connectivity index (χ0n) is 18.5. The Bertz CT molecular complexity index is 911. The molecule has 162 valence electrons. The third-order valence-electron chi connectivity index (χ3n) is 6.73. The van der Waals surface area contributed by atoms with Gasteiger partial charge in [-0.2, -0.15) is 0 Å². The van der Waals surface area contributed by atoms with Crippen molar-refractivity contribution in [1.82, 2.24) is 10.3 Å². The molecule has 3 N–H and O–H groups in total. The van der Waals surface area contributed by atoms with Crippen molar-refractivity contribution in [3.05, 3.63) is 58.4 Å². The number of nitrogens with zero attached hydrogens (tertiary/aromatic N) is 1. The molecular weight excluding hydrogens is 376 g/mol. The van der Waals surface area contributed by atoms with Gasteiger partial charge in [0.1, 0.15) is 5.75 Å². The van der Waals surface area contributed by atoms with Gasteiger partial charge in [-0.25, -0.2) is 0 Å². The number of aromatic hydroxyl groups is 1. The van der Waals surface area contributed by atoms with Gasteiger partial charge in [0, 0.05) is 24.2 Å². The zero-order chi connectivity index (χ0) is 21.5. The van der Waals surface area contributed by atoms with Gasteiger partial charge in [0.25, 0.3) is 0 Å². The maximum atomic E-state index is 10.8. The van der Waals surface area contributed by atoms with Crippen LogP contribution in [0.4, 0.5) is 0 Å². The number of likely N-dealkylation sites (N-methyl/N-ethyl adjacent to an activating group) is 1. The zero-order valence-corrected chi connectivity index (χ0v) is 18.5. The van der Waals surface area contributed by atoms with Gasteiger partial charge in [0.15, 0.2) is 0 Å². The Morgan fingerprint density at radius 1 is 1.27 bits per heavy atom. The number of ether oxygens (including phenoxy) is 1. The van der Waals surface area contributed by atoms with Crippen molar-refractivity contribution in [2.75, 3.05) is 20.2 Å². The summed E-state index contributed by atoms with van der Waals surface area (Å²) in [7, 11) is 1.84. The number of aliphatic hydroxyl groups excluding tert-OH is 1. The van der Waals surface area contributed by atoms with Gasteiger partial charge in [-0.1, -0.05) is 32.9 Å². The summed E-state index contributed by atoms with van der Waals surface area (Å²) in [5.41, 5.74) is 5.32. The van der Waals surface area contributed by atoms with Crippen molar-refractivity contribution >= 4 is 0 Å². The van der Waals surface area contributed by atoms with Crippen LogP contribution in [0.5, 0.6) is 5.75 Å².